The van der Waals surface area contributed by atoms with Gasteiger partial charge in [-0.25, -0.2) is 12.8 Å². The summed E-state index contributed by atoms with van der Waals surface area (Å²) in [7, 11) is -0.0582. The molecule has 2 aromatic rings. The van der Waals surface area contributed by atoms with Crippen LogP contribution < -0.4 is 16.0 Å². The zero-order valence-electron chi connectivity index (χ0n) is 17.0. The Hall–Kier alpha value is -2.21. The number of carbonyl (C=O) groups is 1. The largest absolute Gasteiger partial charge is 0.355 e. The monoisotopic (exact) mass is 548 g/mol. The van der Waals surface area contributed by atoms with Crippen LogP contribution in [-0.4, -0.2) is 40.6 Å². The molecule has 0 aliphatic carbocycles. The van der Waals surface area contributed by atoms with Crippen LogP contribution >= 0.6 is 24.0 Å². The summed E-state index contributed by atoms with van der Waals surface area (Å²) in [6.07, 6.45) is 1.14. The summed E-state index contributed by atoms with van der Waals surface area (Å²) >= 11 is 0. The van der Waals surface area contributed by atoms with Gasteiger partial charge in [0.1, 0.15) is 5.82 Å². The Morgan fingerprint density at radius 1 is 1.03 bits per heavy atom. The van der Waals surface area contributed by atoms with Crippen LogP contribution in [0.1, 0.15) is 27.0 Å². The number of hydrogen-bond donors (Lipinski definition) is 3. The van der Waals surface area contributed by atoms with Crippen LogP contribution in [-0.2, 0) is 28.7 Å². The summed E-state index contributed by atoms with van der Waals surface area (Å²) in [5, 5.41) is 8.76. The van der Waals surface area contributed by atoms with Gasteiger partial charge < -0.3 is 16.0 Å². The van der Waals surface area contributed by atoms with E-state index in [9.17, 15) is 17.6 Å². The number of sulfone groups is 1. The van der Waals surface area contributed by atoms with Gasteiger partial charge in [-0.05, 0) is 41.0 Å². The van der Waals surface area contributed by atoms with Crippen molar-refractivity contribution < 1.29 is 17.6 Å². The van der Waals surface area contributed by atoms with Gasteiger partial charge in [-0.3, -0.25) is 9.79 Å². The van der Waals surface area contributed by atoms with E-state index in [0.29, 0.717) is 29.2 Å². The highest BCUT2D eigenvalue weighted by molar-refractivity contribution is 14.0. The molecule has 0 aliphatic heterocycles. The number of nitrogens with zero attached hydrogens (tertiary/aromatic N) is 1. The van der Waals surface area contributed by atoms with Gasteiger partial charge in [-0.1, -0.05) is 18.2 Å². The first kappa shape index (κ1) is 25.8. The minimum atomic E-state index is -3.24. The van der Waals surface area contributed by atoms with E-state index in [1.54, 1.807) is 26.2 Å². The maximum absolute atomic E-state index is 13.6. The topological polar surface area (TPSA) is 99.7 Å². The van der Waals surface area contributed by atoms with E-state index in [-0.39, 0.29) is 42.2 Å². The summed E-state index contributed by atoms with van der Waals surface area (Å²) in [6, 6.07) is 11.2. The predicted octanol–water partition coefficient (Wildman–Crippen LogP) is 2.21. The van der Waals surface area contributed by atoms with Gasteiger partial charge in [-0.15, -0.1) is 24.0 Å². The van der Waals surface area contributed by atoms with Gasteiger partial charge in [0.15, 0.2) is 15.8 Å². The van der Waals surface area contributed by atoms with E-state index >= 15 is 0 Å². The molecule has 7 nitrogen and oxygen atoms in total. The lowest BCUT2D eigenvalue weighted by molar-refractivity contribution is 0.0963. The molecule has 0 spiro atoms. The number of amides is 1. The number of aliphatic imine (C=N–C) groups is 1. The Kier molecular flexibility index (Phi) is 10.2. The Bertz CT molecular complexity index is 996. The average Bonchev–Trinajstić information content (AvgIpc) is 2.68. The van der Waals surface area contributed by atoms with Crippen molar-refractivity contribution in [2.75, 3.05) is 20.4 Å². The normalized spacial score (nSPS) is 11.4. The molecule has 10 heteroatoms. The van der Waals surface area contributed by atoms with Gasteiger partial charge in [0.05, 0.1) is 5.75 Å². The van der Waals surface area contributed by atoms with Crippen molar-refractivity contribution in [2.24, 2.45) is 4.99 Å². The molecule has 0 saturated heterocycles. The molecule has 164 valence electrons. The number of benzene rings is 2. The number of halogens is 2. The third kappa shape index (κ3) is 8.27. The molecule has 0 atom stereocenters. The van der Waals surface area contributed by atoms with Crippen LogP contribution in [0.5, 0.6) is 0 Å². The van der Waals surface area contributed by atoms with Crippen LogP contribution in [0, 0.1) is 5.82 Å². The molecule has 0 fully saturated rings. The summed E-state index contributed by atoms with van der Waals surface area (Å²) in [6.45, 7) is 0.685. The van der Waals surface area contributed by atoms with Crippen molar-refractivity contribution >= 4 is 45.7 Å². The minimum Gasteiger partial charge on any atom is -0.355 e. The second-order valence-corrected chi connectivity index (χ2v) is 8.68. The van der Waals surface area contributed by atoms with Crippen molar-refractivity contribution in [1.29, 1.82) is 0 Å². The van der Waals surface area contributed by atoms with Gasteiger partial charge in [0.2, 0.25) is 0 Å². The Morgan fingerprint density at radius 3 is 2.23 bits per heavy atom. The molecular weight excluding hydrogens is 522 g/mol. The smallest absolute Gasteiger partial charge is 0.251 e. The molecule has 0 aromatic heterocycles. The molecule has 0 saturated carbocycles. The Morgan fingerprint density at radius 2 is 1.67 bits per heavy atom. The molecule has 0 unspecified atom stereocenters. The summed E-state index contributed by atoms with van der Waals surface area (Å²) in [5.41, 5.74) is 2.61. The molecule has 3 N–H and O–H groups in total. The van der Waals surface area contributed by atoms with Crippen molar-refractivity contribution in [3.8, 4) is 0 Å². The van der Waals surface area contributed by atoms with E-state index in [4.69, 9.17) is 0 Å². The molecule has 1 amide bonds. The molecule has 30 heavy (non-hydrogen) atoms. The standard InChI is InChI=1S/C20H25FN4O3S.HI/c1-22-19(26)15-6-4-14(5-7-15)11-24-20(23-2)25-12-17-10-18(21)9-8-16(17)13-29(3,27)28;/h4-10H,11-13H2,1-3H3,(H,22,26)(H2,23,24,25);1H. The summed E-state index contributed by atoms with van der Waals surface area (Å²) in [4.78, 5) is 15.7. The lowest BCUT2D eigenvalue weighted by Gasteiger charge is -2.14. The number of carbonyl (C=O) groups excluding carboxylic acids is 1. The molecule has 0 bridgehead atoms. The van der Waals surface area contributed by atoms with Crippen LogP contribution in [0.3, 0.4) is 0 Å². The van der Waals surface area contributed by atoms with E-state index in [0.717, 1.165) is 11.8 Å². The first-order chi connectivity index (χ1) is 13.7. The van der Waals surface area contributed by atoms with Crippen LogP contribution in [0.25, 0.3) is 0 Å². The van der Waals surface area contributed by atoms with E-state index in [1.807, 2.05) is 12.1 Å². The fraction of sp³-hybridized carbons (Fsp3) is 0.300. The lowest BCUT2D eigenvalue weighted by Crippen LogP contribution is -2.36. The number of guanidine groups is 1. The van der Waals surface area contributed by atoms with Crippen molar-refractivity contribution in [3.05, 3.63) is 70.5 Å². The summed E-state index contributed by atoms with van der Waals surface area (Å²) in [5.74, 6) is -0.260. The quantitative estimate of drug-likeness (QED) is 0.280. The zero-order valence-corrected chi connectivity index (χ0v) is 20.2. The number of nitrogens with one attached hydrogen (secondary N) is 3. The lowest BCUT2D eigenvalue weighted by atomic mass is 10.1. The van der Waals surface area contributed by atoms with Crippen LogP contribution in [0.4, 0.5) is 4.39 Å². The first-order valence-electron chi connectivity index (χ1n) is 8.92. The summed E-state index contributed by atoms with van der Waals surface area (Å²) < 4.78 is 36.8. The fourth-order valence-electron chi connectivity index (χ4n) is 2.69. The third-order valence-corrected chi connectivity index (χ3v) is 4.99. The van der Waals surface area contributed by atoms with Crippen molar-refractivity contribution in [1.82, 2.24) is 16.0 Å². The van der Waals surface area contributed by atoms with Crippen LogP contribution in [0.15, 0.2) is 47.5 Å². The van der Waals surface area contributed by atoms with Crippen LogP contribution in [0.2, 0.25) is 0 Å². The maximum Gasteiger partial charge on any atom is 0.251 e. The second-order valence-electron chi connectivity index (χ2n) is 6.54. The van der Waals surface area contributed by atoms with Gasteiger partial charge in [-0.2, -0.15) is 0 Å². The zero-order chi connectivity index (χ0) is 21.4. The molecule has 0 radical (unpaired) electrons. The highest BCUT2D eigenvalue weighted by atomic mass is 127. The highest BCUT2D eigenvalue weighted by Crippen LogP contribution is 2.14. The van der Waals surface area contributed by atoms with E-state index in [2.05, 4.69) is 20.9 Å². The number of rotatable bonds is 7. The van der Waals surface area contributed by atoms with E-state index in [1.165, 1.54) is 18.2 Å². The minimum absolute atomic E-state index is 0. The predicted molar refractivity (Wildman–Crippen MR) is 127 cm³/mol. The van der Waals surface area contributed by atoms with Gasteiger partial charge >= 0.3 is 0 Å². The third-order valence-electron chi connectivity index (χ3n) is 4.16. The van der Waals surface area contributed by atoms with Gasteiger partial charge in [0.25, 0.3) is 5.91 Å². The average molecular weight is 548 g/mol. The Balaban J connectivity index is 0.00000450. The molecule has 2 aromatic carbocycles. The molecular formula is C20H26FIN4O3S. The van der Waals surface area contributed by atoms with E-state index < -0.39 is 15.7 Å². The SMILES string of the molecule is CN=C(NCc1ccc(C(=O)NC)cc1)NCc1cc(F)ccc1CS(C)(=O)=O.I. The Labute approximate surface area is 193 Å². The molecule has 0 aliphatic rings. The highest BCUT2D eigenvalue weighted by Gasteiger charge is 2.11. The molecule has 2 rings (SSSR count). The van der Waals surface area contributed by atoms with Crippen molar-refractivity contribution in [2.45, 2.75) is 18.8 Å². The first-order valence-corrected chi connectivity index (χ1v) is 11.0. The fourth-order valence-corrected chi connectivity index (χ4v) is 3.53. The van der Waals surface area contributed by atoms with Gasteiger partial charge in [0, 0.05) is 39.0 Å². The van der Waals surface area contributed by atoms with Crippen molar-refractivity contribution in [3.63, 3.8) is 0 Å². The maximum atomic E-state index is 13.6. The number of hydrogen-bond acceptors (Lipinski definition) is 4. The molecule has 0 heterocycles. The second kappa shape index (κ2) is 11.8.